The van der Waals surface area contributed by atoms with Gasteiger partial charge >= 0.3 is 0 Å². The summed E-state index contributed by atoms with van der Waals surface area (Å²) < 4.78 is 25.1. The summed E-state index contributed by atoms with van der Waals surface area (Å²) in [5.41, 5.74) is 0.927. The second-order valence-corrected chi connectivity index (χ2v) is 9.96. The number of aromatic nitrogens is 2. The van der Waals surface area contributed by atoms with Gasteiger partial charge in [0, 0.05) is 37.0 Å². The molecule has 2 aliphatic heterocycles. The first-order chi connectivity index (χ1) is 13.3. The number of fused-ring (bicyclic) bond motifs is 1. The highest BCUT2D eigenvalue weighted by molar-refractivity contribution is 7.88. The van der Waals surface area contributed by atoms with E-state index in [0.29, 0.717) is 43.1 Å². The van der Waals surface area contributed by atoms with Crippen molar-refractivity contribution in [3.05, 3.63) is 39.6 Å². The monoisotopic (exact) mass is 406 g/mol. The van der Waals surface area contributed by atoms with Crippen molar-refractivity contribution in [3.63, 3.8) is 0 Å². The van der Waals surface area contributed by atoms with Crippen LogP contribution in [0, 0.1) is 5.92 Å². The van der Waals surface area contributed by atoms with E-state index in [4.69, 9.17) is 0 Å². The van der Waals surface area contributed by atoms with Crippen molar-refractivity contribution in [2.45, 2.75) is 44.6 Å². The van der Waals surface area contributed by atoms with Crippen LogP contribution in [-0.2, 0) is 27.8 Å². The van der Waals surface area contributed by atoms with Gasteiger partial charge in [-0.2, -0.15) is 4.31 Å². The molecule has 4 rings (SSSR count). The molecule has 28 heavy (non-hydrogen) atoms. The highest BCUT2D eigenvalue weighted by Gasteiger charge is 2.34. The zero-order valence-electron chi connectivity index (χ0n) is 16.1. The first-order valence-electron chi connectivity index (χ1n) is 9.84. The van der Waals surface area contributed by atoms with E-state index in [9.17, 15) is 18.0 Å². The third-order valence-electron chi connectivity index (χ3n) is 6.03. The van der Waals surface area contributed by atoms with Gasteiger partial charge in [-0.25, -0.2) is 13.4 Å². The highest BCUT2D eigenvalue weighted by atomic mass is 32.2. The van der Waals surface area contributed by atoms with E-state index in [0.717, 1.165) is 25.7 Å². The molecule has 1 aromatic heterocycles. The molecule has 1 aliphatic carbocycles. The van der Waals surface area contributed by atoms with Crippen molar-refractivity contribution in [2.24, 2.45) is 5.92 Å². The fourth-order valence-corrected chi connectivity index (χ4v) is 5.15. The molecule has 152 valence electrons. The van der Waals surface area contributed by atoms with Crippen molar-refractivity contribution in [1.29, 1.82) is 0 Å². The van der Waals surface area contributed by atoms with Gasteiger partial charge in [0.15, 0.2) is 0 Å². The number of carbonyl (C=O) groups excluding carboxylic acids is 1. The third kappa shape index (κ3) is 3.77. The van der Waals surface area contributed by atoms with E-state index < -0.39 is 10.0 Å². The van der Waals surface area contributed by atoms with Crippen LogP contribution in [0.1, 0.15) is 48.7 Å². The number of hydrogen-bond donors (Lipinski definition) is 1. The molecule has 9 heteroatoms. The van der Waals surface area contributed by atoms with E-state index in [1.54, 1.807) is 0 Å². The molecular weight excluding hydrogens is 380 g/mol. The molecule has 3 heterocycles. The molecule has 0 saturated carbocycles. The Morgan fingerprint density at radius 1 is 1.25 bits per heavy atom. The van der Waals surface area contributed by atoms with Crippen LogP contribution in [0.15, 0.2) is 16.9 Å². The molecule has 0 aromatic carbocycles. The summed E-state index contributed by atoms with van der Waals surface area (Å²) in [6, 6.07) is 0. The van der Waals surface area contributed by atoms with Gasteiger partial charge in [-0.3, -0.25) is 9.59 Å². The normalized spacial score (nSPS) is 25.7. The summed E-state index contributed by atoms with van der Waals surface area (Å²) in [6.07, 6.45) is 9.15. The van der Waals surface area contributed by atoms with Crippen LogP contribution in [0.2, 0.25) is 0 Å². The van der Waals surface area contributed by atoms with Crippen LogP contribution in [0.4, 0.5) is 0 Å². The molecule has 0 bridgehead atoms. The van der Waals surface area contributed by atoms with Gasteiger partial charge in [-0.1, -0.05) is 12.2 Å². The number of allylic oxidation sites excluding steroid dienone is 2. The largest absolute Gasteiger partial charge is 0.342 e. The Bertz CT molecular complexity index is 969. The summed E-state index contributed by atoms with van der Waals surface area (Å²) in [4.78, 5) is 34.7. The topological polar surface area (TPSA) is 103 Å². The Labute approximate surface area is 164 Å². The Balaban J connectivity index is 1.51. The zero-order chi connectivity index (χ0) is 19.9. The van der Waals surface area contributed by atoms with Crippen LogP contribution in [-0.4, -0.2) is 59.4 Å². The summed E-state index contributed by atoms with van der Waals surface area (Å²) in [5.74, 6) is 0.797. The second-order valence-electron chi connectivity index (χ2n) is 7.97. The number of rotatable bonds is 3. The number of likely N-dealkylation sites (tertiary alicyclic amines) is 1. The van der Waals surface area contributed by atoms with Gasteiger partial charge in [-0.15, -0.1) is 0 Å². The highest BCUT2D eigenvalue weighted by Crippen LogP contribution is 2.29. The smallest absolute Gasteiger partial charge is 0.254 e. The lowest BCUT2D eigenvalue weighted by Crippen LogP contribution is -2.39. The van der Waals surface area contributed by atoms with Crippen LogP contribution < -0.4 is 5.56 Å². The quantitative estimate of drug-likeness (QED) is 0.747. The lowest BCUT2D eigenvalue weighted by atomic mass is 9.93. The summed E-state index contributed by atoms with van der Waals surface area (Å²) >= 11 is 0. The van der Waals surface area contributed by atoms with Crippen molar-refractivity contribution in [3.8, 4) is 0 Å². The lowest BCUT2D eigenvalue weighted by Gasteiger charge is -2.26. The summed E-state index contributed by atoms with van der Waals surface area (Å²) in [7, 11) is -3.32. The number of carbonyl (C=O) groups is 1. The van der Waals surface area contributed by atoms with Gasteiger partial charge < -0.3 is 9.88 Å². The average molecular weight is 407 g/mol. The molecule has 1 amide bonds. The maximum Gasteiger partial charge on any atom is 0.254 e. The first kappa shape index (κ1) is 19.3. The van der Waals surface area contributed by atoms with Crippen LogP contribution in [0.5, 0.6) is 0 Å². The Hall–Kier alpha value is -2.00. The van der Waals surface area contributed by atoms with Crippen molar-refractivity contribution < 1.29 is 13.2 Å². The lowest BCUT2D eigenvalue weighted by molar-refractivity contribution is -0.134. The van der Waals surface area contributed by atoms with Gasteiger partial charge in [0.2, 0.25) is 15.9 Å². The Kier molecular flexibility index (Phi) is 5.13. The number of amides is 1. The maximum absolute atomic E-state index is 12.8. The van der Waals surface area contributed by atoms with Crippen molar-refractivity contribution in [1.82, 2.24) is 19.2 Å². The number of sulfonamides is 1. The van der Waals surface area contributed by atoms with Crippen molar-refractivity contribution in [2.75, 3.05) is 25.9 Å². The predicted octanol–water partition coefficient (Wildman–Crippen LogP) is 0.760. The molecule has 1 saturated heterocycles. The minimum absolute atomic E-state index is 0.0188. The molecule has 0 unspecified atom stereocenters. The minimum atomic E-state index is -3.32. The van der Waals surface area contributed by atoms with E-state index in [-0.39, 0.29) is 29.8 Å². The number of H-pyrrole nitrogens is 1. The molecule has 8 nitrogen and oxygen atoms in total. The summed E-state index contributed by atoms with van der Waals surface area (Å²) in [6.45, 7) is 1.66. The summed E-state index contributed by atoms with van der Waals surface area (Å²) in [5, 5.41) is 0. The predicted molar refractivity (Wildman–Crippen MR) is 104 cm³/mol. The molecule has 0 spiro atoms. The fraction of sp³-hybridized carbons (Fsp3) is 0.632. The molecule has 1 aromatic rings. The van der Waals surface area contributed by atoms with Gasteiger partial charge in [0.05, 0.1) is 18.5 Å². The standard InChI is InChI=1S/C19H26N4O4S/c1-28(26,27)23-10-8-15-16(12-23)20-17(21-18(15)24)14-7-9-22(11-14)19(25)13-5-3-2-4-6-13/h2-3,13-14H,4-12H2,1H3,(H,20,21,24)/t13-,14-/m0/s1. The fourth-order valence-electron chi connectivity index (χ4n) is 4.37. The average Bonchev–Trinajstić information content (AvgIpc) is 3.17. The van der Waals surface area contributed by atoms with Crippen molar-refractivity contribution >= 4 is 15.9 Å². The van der Waals surface area contributed by atoms with E-state index in [2.05, 4.69) is 22.1 Å². The minimum Gasteiger partial charge on any atom is -0.342 e. The van der Waals surface area contributed by atoms with E-state index in [1.807, 2.05) is 4.90 Å². The van der Waals surface area contributed by atoms with E-state index in [1.165, 1.54) is 10.6 Å². The number of nitrogens with zero attached hydrogens (tertiary/aromatic N) is 3. The Morgan fingerprint density at radius 3 is 2.79 bits per heavy atom. The Morgan fingerprint density at radius 2 is 2.07 bits per heavy atom. The van der Waals surface area contributed by atoms with E-state index >= 15 is 0 Å². The van der Waals surface area contributed by atoms with Crippen LogP contribution >= 0.6 is 0 Å². The van der Waals surface area contributed by atoms with Gasteiger partial charge in [0.25, 0.3) is 5.56 Å². The molecule has 2 atom stereocenters. The molecule has 0 radical (unpaired) electrons. The number of aromatic amines is 1. The van der Waals surface area contributed by atoms with Crippen LogP contribution in [0.25, 0.3) is 0 Å². The van der Waals surface area contributed by atoms with Gasteiger partial charge in [0.1, 0.15) is 5.82 Å². The molecule has 1 N–H and O–H groups in total. The maximum atomic E-state index is 12.8. The third-order valence-corrected chi connectivity index (χ3v) is 7.28. The molecular formula is C19H26N4O4S. The first-order valence-corrected chi connectivity index (χ1v) is 11.7. The van der Waals surface area contributed by atoms with Crippen LogP contribution in [0.3, 0.4) is 0 Å². The zero-order valence-corrected chi connectivity index (χ0v) is 16.9. The molecule has 3 aliphatic rings. The van der Waals surface area contributed by atoms with Gasteiger partial charge in [-0.05, 0) is 32.1 Å². The molecule has 1 fully saturated rings. The number of nitrogens with one attached hydrogen (secondary N) is 1. The second kappa shape index (κ2) is 7.44. The SMILES string of the molecule is CS(=O)(=O)N1CCc2c(nc([C@H]3CCN(C(=O)[C@H]4CC=CCC4)C3)[nH]c2=O)C1. The number of hydrogen-bond acceptors (Lipinski definition) is 5.